The van der Waals surface area contributed by atoms with Gasteiger partial charge in [0.1, 0.15) is 22.3 Å². The highest BCUT2D eigenvalue weighted by atomic mass is 16.3. The molecule has 428 valence electrons. The van der Waals surface area contributed by atoms with Gasteiger partial charge in [-0.05, 0) is 197 Å². The second-order valence-corrected chi connectivity index (χ2v) is 19.8. The molecule has 0 radical (unpaired) electrons. The lowest BCUT2D eigenvalue weighted by Gasteiger charge is -2.18. The first-order valence-corrected chi connectivity index (χ1v) is 27.1. The molecule has 2 heterocycles. The first-order valence-electron chi connectivity index (χ1n) is 55.1. The van der Waals surface area contributed by atoms with Crippen LogP contribution in [0.4, 0.5) is 0 Å². The number of hydrogen-bond donors (Lipinski definition) is 0. The van der Waals surface area contributed by atoms with E-state index in [0.717, 1.165) is 0 Å². The summed E-state index contributed by atoms with van der Waals surface area (Å²) >= 11 is 0. The molecule has 0 fully saturated rings. The maximum Gasteiger partial charge on any atom is 0.136 e. The molecule has 0 bridgehead atoms. The maximum absolute atomic E-state index is 9.82. The molecule has 0 aliphatic heterocycles. The predicted octanol–water partition coefficient (Wildman–Crippen LogP) is 25.8. The molecule has 2 heteroatoms. The molecule has 0 aliphatic rings. The Morgan fingerprint density at radius 1 is 0.152 bits per heavy atom. The van der Waals surface area contributed by atoms with Crippen molar-refractivity contribution >= 4 is 109 Å². The fourth-order valence-electron chi connectivity index (χ4n) is 10.7. The lowest BCUT2D eigenvalue weighted by Crippen LogP contribution is -1.91. The van der Waals surface area contributed by atoms with E-state index in [2.05, 4.69) is 0 Å². The van der Waals surface area contributed by atoms with E-state index in [-0.39, 0.29) is 0 Å². The molecule has 0 atom stereocenters. The van der Waals surface area contributed by atoms with Crippen molar-refractivity contribution in [2.45, 2.75) is 0 Å². The van der Waals surface area contributed by atoms with E-state index in [1.807, 2.05) is 0 Å². The molecule has 0 spiro atoms. The smallest absolute Gasteiger partial charge is 0.136 e. The predicted molar refractivity (Wildman–Crippen MR) is 391 cm³/mol. The summed E-state index contributed by atoms with van der Waals surface area (Å²) in [4.78, 5) is 0. The molecular formula is C90H56O2. The third-order valence-corrected chi connectivity index (χ3v) is 14.6. The van der Waals surface area contributed by atoms with Crippen LogP contribution in [0.1, 0.15) is 76.8 Å². The zero-order chi connectivity index (χ0) is 109. The Labute approximate surface area is 610 Å². The monoisotopic (exact) mass is 1220 g/mol. The molecule has 0 N–H and O–H groups in total. The average molecular weight is 1230 g/mol. The van der Waals surface area contributed by atoms with Crippen LogP contribution in [0.2, 0.25) is 0 Å². The molecular weight excluding hydrogens is 1110 g/mol. The lowest BCUT2D eigenvalue weighted by atomic mass is 9.85. The van der Waals surface area contributed by atoms with Gasteiger partial charge in [-0.1, -0.05) is 284 Å². The second-order valence-electron chi connectivity index (χ2n) is 19.8. The minimum atomic E-state index is -1.14. The van der Waals surface area contributed by atoms with Crippen molar-refractivity contribution in [3.05, 3.63) is 338 Å². The molecule has 0 saturated heterocycles. The summed E-state index contributed by atoms with van der Waals surface area (Å²) < 4.78 is 512. The van der Waals surface area contributed by atoms with Gasteiger partial charge < -0.3 is 8.83 Å². The van der Waals surface area contributed by atoms with Gasteiger partial charge in [0, 0.05) is 21.5 Å². The minimum absolute atomic E-state index is 0.437. The van der Waals surface area contributed by atoms with Crippen LogP contribution in [0.25, 0.3) is 186 Å². The van der Waals surface area contributed by atoms with Gasteiger partial charge in [0.05, 0.1) is 76.8 Å². The first-order chi connectivity index (χ1) is 69.0. The molecule has 17 aromatic carbocycles. The van der Waals surface area contributed by atoms with Crippen molar-refractivity contribution in [3.63, 3.8) is 0 Å². The fraction of sp³-hybridized carbons (Fsp3) is 0. The van der Waals surface area contributed by atoms with Gasteiger partial charge in [0.2, 0.25) is 0 Å². The standard InChI is InChI=1S/C48H30O.C42H26O/c1-2-10-31(11-3-1)32-18-20-33(21-19-32)34-22-24-35(25-23-34)47-39-14-6-8-16-41(39)48(42-17-9-7-15-40(42)47)38-26-27-45-43(29-38)44-28-36-12-4-5-13-37(36)30-46(44)49-45;1-2-11-27(12-3-1)28-15-10-16-31(23-28)41-33-17-6-8-19-35(33)42(36-20-9-7-18-34(36)41)32-21-22-39-37(25-32)38-24-29-13-4-5-14-30(29)26-40(38)43-39/h1-30H;1-26H/i1D,2D,3D,4D,5D,6D,7D,8D,9D,10D,11D,12D,13D,14D,15D,16D,17D,18D,19D,20D,21D,22D,23D,24D,25D,26D,27D,28D,29D,30D;1D,2D,3D,4D,5D,6D,7D,8D,9D,10D,11D,12D,13D,14D,15D,16D,17D,18D,19D,20D,21D,22D,23D,24D,25D,26D. The average Bonchev–Trinajstić information content (AvgIpc) is 1.18. The Bertz CT molecular complexity index is 9370. The Morgan fingerprint density at radius 3 is 0.783 bits per heavy atom. The van der Waals surface area contributed by atoms with Gasteiger partial charge in [-0.2, -0.15) is 0 Å². The summed E-state index contributed by atoms with van der Waals surface area (Å²) in [5.41, 5.74) is -13.4. The highest BCUT2D eigenvalue weighted by molar-refractivity contribution is 6.24. The zero-order valence-corrected chi connectivity index (χ0v) is 45.8. The van der Waals surface area contributed by atoms with Crippen LogP contribution in [-0.4, -0.2) is 0 Å². The Balaban J connectivity index is 0.000000195. The number of rotatable bonds is 7. The molecule has 2 nitrogen and oxygen atoms in total. The van der Waals surface area contributed by atoms with Gasteiger partial charge in [0.15, 0.2) is 0 Å². The molecule has 2 aromatic heterocycles. The number of fused-ring (bicyclic) bond motifs is 12. The summed E-state index contributed by atoms with van der Waals surface area (Å²) in [6.45, 7) is 0. The fourth-order valence-corrected chi connectivity index (χ4v) is 10.7. The van der Waals surface area contributed by atoms with Crippen LogP contribution in [0.3, 0.4) is 0 Å². The molecule has 0 aliphatic carbocycles. The first kappa shape index (κ1) is 21.3. The third kappa shape index (κ3) is 9.03. The molecule has 0 saturated carbocycles. The normalized spacial score (nSPS) is 20.2. The van der Waals surface area contributed by atoms with Gasteiger partial charge in [0.25, 0.3) is 0 Å². The van der Waals surface area contributed by atoms with E-state index in [0.29, 0.717) is 0 Å². The van der Waals surface area contributed by atoms with Crippen LogP contribution in [0.5, 0.6) is 0 Å². The lowest BCUT2D eigenvalue weighted by molar-refractivity contribution is 0.669. The highest BCUT2D eigenvalue weighted by Gasteiger charge is 2.21. The van der Waals surface area contributed by atoms with E-state index < -0.39 is 525 Å². The van der Waals surface area contributed by atoms with Crippen LogP contribution in [0.15, 0.2) is 347 Å². The largest absolute Gasteiger partial charge is 0.456 e. The topological polar surface area (TPSA) is 26.3 Å². The zero-order valence-electron chi connectivity index (χ0n) is 102. The Morgan fingerprint density at radius 2 is 0.402 bits per heavy atom. The SMILES string of the molecule is [2H]c1c([2H])c([2H])c(-c2c([2H])c([2H])c(-c3c([2H])c([2H])c(-c4c5c([2H])c([2H])c([2H])c([2H])c5c(-c5c([2H])c([2H])c6oc7c([2H])c8c([2H])c([2H])c([2H])c([2H])c8c([2H])c7c6c5[2H])c5c([2H])c([2H])c([2H])c([2H])c45)c([2H])c3[2H])c([2H])c2[2H])c([2H])c1[2H].[2H]c1c([2H])c([2H])c(-c2c([2H])c([2H])c([2H])c(-c3c4c([2H])c([2H])c([2H])c([2H])c4c(-c4c([2H])c([2H])c5oc6c([2H])c7c([2H])c([2H])c([2H])c([2H])c7c([2H])c6c5c4[2H])c4c([2H])c([2H])c([2H])c([2H])c34)c2[2H])c([2H])c1[2H]. The molecule has 19 rings (SSSR count). The van der Waals surface area contributed by atoms with Crippen LogP contribution >= 0.6 is 0 Å². The van der Waals surface area contributed by atoms with E-state index in [1.54, 1.807) is 0 Å². The van der Waals surface area contributed by atoms with Gasteiger partial charge in [-0.15, -0.1) is 0 Å². The maximum atomic E-state index is 9.82. The van der Waals surface area contributed by atoms with Crippen LogP contribution in [-0.2, 0) is 0 Å². The van der Waals surface area contributed by atoms with Gasteiger partial charge in [-0.3, -0.25) is 0 Å². The van der Waals surface area contributed by atoms with Crippen molar-refractivity contribution in [2.24, 2.45) is 0 Å². The number of hydrogen-bond acceptors (Lipinski definition) is 2. The minimum Gasteiger partial charge on any atom is -0.456 e. The summed E-state index contributed by atoms with van der Waals surface area (Å²) in [6, 6.07) is -51.9. The van der Waals surface area contributed by atoms with Crippen LogP contribution < -0.4 is 0 Å². The summed E-state index contributed by atoms with van der Waals surface area (Å²) in [5.74, 6) is 0. The van der Waals surface area contributed by atoms with E-state index in [1.165, 1.54) is 0 Å². The van der Waals surface area contributed by atoms with Crippen LogP contribution in [0, 0.1) is 0 Å². The Kier molecular flexibility index (Phi) is 5.06. The summed E-state index contributed by atoms with van der Waals surface area (Å²) in [7, 11) is 0. The third-order valence-electron chi connectivity index (χ3n) is 14.6. The molecule has 0 amide bonds. The number of furan rings is 2. The van der Waals surface area contributed by atoms with Gasteiger partial charge in [-0.25, -0.2) is 0 Å². The van der Waals surface area contributed by atoms with E-state index in [9.17, 15) is 30.2 Å². The molecule has 0 unspecified atom stereocenters. The van der Waals surface area contributed by atoms with E-state index in [4.69, 9.17) is 55.4 Å². The van der Waals surface area contributed by atoms with E-state index >= 15 is 0 Å². The van der Waals surface area contributed by atoms with Gasteiger partial charge >= 0.3 is 0 Å². The van der Waals surface area contributed by atoms with Crippen molar-refractivity contribution in [1.29, 1.82) is 0 Å². The van der Waals surface area contributed by atoms with Crippen molar-refractivity contribution in [1.82, 2.24) is 0 Å². The molecule has 19 aromatic rings. The number of benzene rings is 17. The van der Waals surface area contributed by atoms with Crippen molar-refractivity contribution < 1.29 is 85.6 Å². The summed E-state index contributed by atoms with van der Waals surface area (Å²) in [5, 5.41) is -9.82. The summed E-state index contributed by atoms with van der Waals surface area (Å²) in [6.07, 6.45) is 0. The molecule has 92 heavy (non-hydrogen) atoms. The highest BCUT2D eigenvalue weighted by Crippen LogP contribution is 2.48. The Hall–Kier alpha value is -12.1. The van der Waals surface area contributed by atoms with Crippen molar-refractivity contribution in [2.75, 3.05) is 0 Å². The second kappa shape index (κ2) is 21.9. The quantitative estimate of drug-likeness (QED) is 0.149. The van der Waals surface area contributed by atoms with Crippen molar-refractivity contribution in [3.8, 4) is 77.9 Å².